The standard InChI is InChI=1S/C25H24BrNO4/c1-2-15-31-25(29)19-8-11-21(12-9-19)27-24(28)20-10-13-23(22(26)17-20)30-16-14-18-6-4-3-5-7-18/h3-13,17H,2,14-16H2,1H3,(H,27,28). The molecule has 3 aromatic carbocycles. The minimum atomic E-state index is -0.369. The van der Waals surface area contributed by atoms with Gasteiger partial charge in [-0.2, -0.15) is 0 Å². The van der Waals surface area contributed by atoms with E-state index in [0.29, 0.717) is 40.3 Å². The van der Waals surface area contributed by atoms with Gasteiger partial charge in [0.2, 0.25) is 0 Å². The van der Waals surface area contributed by atoms with E-state index in [2.05, 4.69) is 33.4 Å². The number of hydrogen-bond acceptors (Lipinski definition) is 4. The quantitative estimate of drug-likeness (QED) is 0.387. The molecule has 0 fully saturated rings. The lowest BCUT2D eigenvalue weighted by atomic mass is 10.1. The number of carbonyl (C=O) groups excluding carboxylic acids is 2. The van der Waals surface area contributed by atoms with Crippen LogP contribution >= 0.6 is 15.9 Å². The number of hydrogen-bond donors (Lipinski definition) is 1. The normalized spacial score (nSPS) is 10.4. The van der Waals surface area contributed by atoms with Crippen LogP contribution in [0.15, 0.2) is 77.3 Å². The highest BCUT2D eigenvalue weighted by Gasteiger charge is 2.11. The summed E-state index contributed by atoms with van der Waals surface area (Å²) in [5.74, 6) is 0.0618. The van der Waals surface area contributed by atoms with Crippen LogP contribution in [0, 0.1) is 0 Å². The Hall–Kier alpha value is -3.12. The lowest BCUT2D eigenvalue weighted by molar-refractivity contribution is 0.0505. The van der Waals surface area contributed by atoms with Gasteiger partial charge in [0.1, 0.15) is 5.75 Å². The molecule has 160 valence electrons. The van der Waals surface area contributed by atoms with Crippen molar-refractivity contribution < 1.29 is 19.1 Å². The molecule has 0 unspecified atom stereocenters. The van der Waals surface area contributed by atoms with Gasteiger partial charge in [-0.1, -0.05) is 37.3 Å². The van der Waals surface area contributed by atoms with Crippen LogP contribution in [0.1, 0.15) is 39.6 Å². The van der Waals surface area contributed by atoms with E-state index in [9.17, 15) is 9.59 Å². The summed E-state index contributed by atoms with van der Waals surface area (Å²) < 4.78 is 11.6. The lowest BCUT2D eigenvalue weighted by Gasteiger charge is -2.11. The summed E-state index contributed by atoms with van der Waals surface area (Å²) in [7, 11) is 0. The fourth-order valence-electron chi connectivity index (χ4n) is 2.85. The minimum Gasteiger partial charge on any atom is -0.492 e. The van der Waals surface area contributed by atoms with Crippen LogP contribution in [0.4, 0.5) is 5.69 Å². The maximum absolute atomic E-state index is 12.6. The number of halogens is 1. The van der Waals surface area contributed by atoms with Crippen LogP contribution in [0.5, 0.6) is 5.75 Å². The molecule has 0 atom stereocenters. The molecule has 0 aliphatic carbocycles. The Morgan fingerprint density at radius 2 is 1.61 bits per heavy atom. The molecule has 6 heteroatoms. The summed E-state index contributed by atoms with van der Waals surface area (Å²) in [6.45, 7) is 2.87. The van der Waals surface area contributed by atoms with Crippen LogP contribution in [0.2, 0.25) is 0 Å². The van der Waals surface area contributed by atoms with Crippen molar-refractivity contribution in [3.63, 3.8) is 0 Å². The monoisotopic (exact) mass is 481 g/mol. The van der Waals surface area contributed by atoms with Crippen molar-refractivity contribution in [1.82, 2.24) is 0 Å². The van der Waals surface area contributed by atoms with Gasteiger partial charge in [-0.15, -0.1) is 0 Å². The highest BCUT2D eigenvalue weighted by molar-refractivity contribution is 9.10. The predicted octanol–water partition coefficient (Wildman–Crippen LogP) is 5.89. The molecule has 0 bridgehead atoms. The van der Waals surface area contributed by atoms with Gasteiger partial charge in [-0.3, -0.25) is 4.79 Å². The fraction of sp³-hybridized carbons (Fsp3) is 0.200. The van der Waals surface area contributed by atoms with Crippen molar-refractivity contribution in [3.05, 3.63) is 94.0 Å². The molecule has 0 aromatic heterocycles. The van der Waals surface area contributed by atoms with E-state index in [0.717, 1.165) is 12.8 Å². The third-order valence-corrected chi connectivity index (χ3v) is 5.12. The first kappa shape index (κ1) is 22.6. The average Bonchev–Trinajstić information content (AvgIpc) is 2.79. The van der Waals surface area contributed by atoms with E-state index in [1.165, 1.54) is 5.56 Å². The Morgan fingerprint density at radius 3 is 2.29 bits per heavy atom. The Balaban J connectivity index is 1.55. The van der Waals surface area contributed by atoms with Gasteiger partial charge in [0, 0.05) is 17.7 Å². The predicted molar refractivity (Wildman–Crippen MR) is 125 cm³/mol. The van der Waals surface area contributed by atoms with Crippen LogP contribution in [-0.2, 0) is 11.2 Å². The van der Waals surface area contributed by atoms with Crippen molar-refractivity contribution in [2.24, 2.45) is 0 Å². The first-order valence-electron chi connectivity index (χ1n) is 10.1. The summed E-state index contributed by atoms with van der Waals surface area (Å²) in [5.41, 5.74) is 2.75. The number of ether oxygens (including phenoxy) is 2. The van der Waals surface area contributed by atoms with Gasteiger partial charge in [-0.25, -0.2) is 4.79 Å². The van der Waals surface area contributed by atoms with Gasteiger partial charge < -0.3 is 14.8 Å². The summed E-state index contributed by atoms with van der Waals surface area (Å²) >= 11 is 3.48. The second-order valence-electron chi connectivity index (χ2n) is 6.90. The lowest BCUT2D eigenvalue weighted by Crippen LogP contribution is -2.12. The third kappa shape index (κ3) is 6.69. The Morgan fingerprint density at radius 1 is 0.903 bits per heavy atom. The molecule has 0 aliphatic heterocycles. The molecule has 0 spiro atoms. The number of amides is 1. The molecular weight excluding hydrogens is 458 g/mol. The second kappa shape index (κ2) is 11.3. The van der Waals surface area contributed by atoms with Crippen molar-refractivity contribution in [2.45, 2.75) is 19.8 Å². The molecule has 0 saturated heterocycles. The van der Waals surface area contributed by atoms with Crippen molar-refractivity contribution in [3.8, 4) is 5.75 Å². The topological polar surface area (TPSA) is 64.6 Å². The zero-order valence-electron chi connectivity index (χ0n) is 17.3. The molecule has 3 aromatic rings. The van der Waals surface area contributed by atoms with E-state index in [1.54, 1.807) is 42.5 Å². The van der Waals surface area contributed by atoms with Crippen LogP contribution < -0.4 is 10.1 Å². The van der Waals surface area contributed by atoms with Crippen LogP contribution in [0.25, 0.3) is 0 Å². The molecule has 5 nitrogen and oxygen atoms in total. The maximum atomic E-state index is 12.6. The maximum Gasteiger partial charge on any atom is 0.338 e. The zero-order valence-corrected chi connectivity index (χ0v) is 18.9. The largest absolute Gasteiger partial charge is 0.492 e. The van der Waals surface area contributed by atoms with Crippen molar-refractivity contribution in [2.75, 3.05) is 18.5 Å². The van der Waals surface area contributed by atoms with E-state index in [4.69, 9.17) is 9.47 Å². The highest BCUT2D eigenvalue weighted by Crippen LogP contribution is 2.26. The third-order valence-electron chi connectivity index (χ3n) is 4.50. The highest BCUT2D eigenvalue weighted by atomic mass is 79.9. The molecule has 0 heterocycles. The van der Waals surface area contributed by atoms with Crippen molar-refractivity contribution >= 4 is 33.5 Å². The number of benzene rings is 3. The zero-order chi connectivity index (χ0) is 22.1. The molecule has 0 aliphatic rings. The molecule has 1 amide bonds. The van der Waals surface area contributed by atoms with Gasteiger partial charge >= 0.3 is 5.97 Å². The number of anilines is 1. The summed E-state index contributed by atoms with van der Waals surface area (Å²) in [4.78, 5) is 24.4. The van der Waals surface area contributed by atoms with Crippen molar-refractivity contribution in [1.29, 1.82) is 0 Å². The van der Waals surface area contributed by atoms with Crippen LogP contribution in [0.3, 0.4) is 0 Å². The first-order chi connectivity index (χ1) is 15.1. The van der Waals surface area contributed by atoms with Crippen LogP contribution in [-0.4, -0.2) is 25.1 Å². The number of rotatable bonds is 9. The summed E-state index contributed by atoms with van der Waals surface area (Å²) in [6, 6.07) is 22.0. The van der Waals surface area contributed by atoms with E-state index in [1.807, 2.05) is 25.1 Å². The molecule has 0 radical (unpaired) electrons. The molecule has 0 saturated carbocycles. The van der Waals surface area contributed by atoms with Gasteiger partial charge in [-0.05, 0) is 70.4 Å². The molecular formula is C25H24BrNO4. The molecule has 1 N–H and O–H groups in total. The first-order valence-corrected chi connectivity index (χ1v) is 10.9. The summed E-state index contributed by atoms with van der Waals surface area (Å²) in [5, 5.41) is 2.83. The summed E-state index contributed by atoms with van der Waals surface area (Å²) in [6.07, 6.45) is 1.57. The number of nitrogens with one attached hydrogen (secondary N) is 1. The van der Waals surface area contributed by atoms with Gasteiger partial charge in [0.15, 0.2) is 0 Å². The van der Waals surface area contributed by atoms with E-state index >= 15 is 0 Å². The van der Waals surface area contributed by atoms with E-state index in [-0.39, 0.29) is 11.9 Å². The molecule has 3 rings (SSSR count). The Bertz CT molecular complexity index is 1020. The fourth-order valence-corrected chi connectivity index (χ4v) is 3.35. The number of esters is 1. The number of carbonyl (C=O) groups is 2. The SMILES string of the molecule is CCCOC(=O)c1ccc(NC(=O)c2ccc(OCCc3ccccc3)c(Br)c2)cc1. The van der Waals surface area contributed by atoms with Gasteiger partial charge in [0.05, 0.1) is 23.2 Å². The molecule has 31 heavy (non-hydrogen) atoms. The average molecular weight is 482 g/mol. The Labute approximate surface area is 190 Å². The minimum absolute atomic E-state index is 0.252. The smallest absolute Gasteiger partial charge is 0.338 e. The van der Waals surface area contributed by atoms with E-state index < -0.39 is 0 Å². The second-order valence-corrected chi connectivity index (χ2v) is 7.75. The Kier molecular flexibility index (Phi) is 8.24. The van der Waals surface area contributed by atoms with Gasteiger partial charge in [0.25, 0.3) is 5.91 Å².